The van der Waals surface area contributed by atoms with Crippen molar-refractivity contribution in [1.82, 2.24) is 20.0 Å². The summed E-state index contributed by atoms with van der Waals surface area (Å²) >= 11 is 0. The summed E-state index contributed by atoms with van der Waals surface area (Å²) in [5, 5.41) is 3.95. The second-order valence-electron chi connectivity index (χ2n) is 5.82. The minimum atomic E-state index is 0.195. The van der Waals surface area contributed by atoms with E-state index in [4.69, 9.17) is 15.0 Å². The van der Waals surface area contributed by atoms with Crippen LogP contribution < -0.4 is 5.73 Å². The number of hydrogen-bond donors (Lipinski definition) is 1. The largest absolute Gasteiger partial charge is 0.380 e. The second kappa shape index (κ2) is 6.41. The molecule has 7 nitrogen and oxygen atoms in total. The van der Waals surface area contributed by atoms with Crippen LogP contribution in [0.3, 0.4) is 0 Å². The van der Waals surface area contributed by atoms with Gasteiger partial charge in [0, 0.05) is 63.1 Å². The van der Waals surface area contributed by atoms with Crippen LogP contribution in [0.5, 0.6) is 0 Å². The van der Waals surface area contributed by atoms with E-state index in [-0.39, 0.29) is 6.10 Å². The van der Waals surface area contributed by atoms with E-state index in [0.29, 0.717) is 11.9 Å². The van der Waals surface area contributed by atoms with E-state index in [2.05, 4.69) is 20.0 Å². The van der Waals surface area contributed by atoms with Crippen LogP contribution in [-0.4, -0.2) is 46.3 Å². The molecule has 0 saturated carbocycles. The standard InChI is InChI=1S/C15H21N5O2/c1-10-3-13(22-19-10)4-12-8-20(9-14(12)21-2)7-11-5-17-15(16)18-6-11/h3,5-6,12,14H,4,7-9H2,1-2H3,(H2,16,17,18)/t12-,14+/m1/s1. The van der Waals surface area contributed by atoms with Gasteiger partial charge in [-0.25, -0.2) is 9.97 Å². The predicted octanol–water partition coefficient (Wildman–Crippen LogP) is 1.04. The zero-order valence-electron chi connectivity index (χ0n) is 12.9. The van der Waals surface area contributed by atoms with Gasteiger partial charge in [0.2, 0.25) is 5.95 Å². The zero-order chi connectivity index (χ0) is 15.5. The number of aryl methyl sites for hydroxylation is 1. The number of aromatic nitrogens is 3. The van der Waals surface area contributed by atoms with Crippen molar-refractivity contribution in [2.75, 3.05) is 25.9 Å². The molecule has 0 bridgehead atoms. The fourth-order valence-electron chi connectivity index (χ4n) is 2.99. The summed E-state index contributed by atoms with van der Waals surface area (Å²) in [5.74, 6) is 1.62. The van der Waals surface area contributed by atoms with E-state index in [1.54, 1.807) is 19.5 Å². The van der Waals surface area contributed by atoms with Crippen LogP contribution in [0, 0.1) is 12.8 Å². The van der Waals surface area contributed by atoms with Crippen LogP contribution in [-0.2, 0) is 17.7 Å². The minimum Gasteiger partial charge on any atom is -0.380 e. The quantitative estimate of drug-likeness (QED) is 0.882. The van der Waals surface area contributed by atoms with Gasteiger partial charge in [-0.2, -0.15) is 0 Å². The lowest BCUT2D eigenvalue weighted by Gasteiger charge is -2.14. The molecule has 1 saturated heterocycles. The molecular formula is C15H21N5O2. The lowest BCUT2D eigenvalue weighted by Crippen LogP contribution is -2.23. The highest BCUT2D eigenvalue weighted by Gasteiger charge is 2.33. The van der Waals surface area contributed by atoms with E-state index in [0.717, 1.165) is 43.1 Å². The molecule has 0 radical (unpaired) electrons. The van der Waals surface area contributed by atoms with Crippen molar-refractivity contribution in [2.24, 2.45) is 5.92 Å². The Bertz CT molecular complexity index is 613. The van der Waals surface area contributed by atoms with Crippen molar-refractivity contribution in [3.8, 4) is 0 Å². The zero-order valence-corrected chi connectivity index (χ0v) is 12.9. The molecule has 22 heavy (non-hydrogen) atoms. The third-order valence-corrected chi connectivity index (χ3v) is 4.03. The first-order chi connectivity index (χ1) is 10.6. The topological polar surface area (TPSA) is 90.3 Å². The Morgan fingerprint density at radius 3 is 2.77 bits per heavy atom. The molecule has 2 atom stereocenters. The first-order valence-corrected chi connectivity index (χ1v) is 7.38. The molecule has 7 heteroatoms. The van der Waals surface area contributed by atoms with Crippen LogP contribution in [0.4, 0.5) is 5.95 Å². The Morgan fingerprint density at radius 2 is 2.14 bits per heavy atom. The summed E-state index contributed by atoms with van der Waals surface area (Å²) < 4.78 is 11.0. The fraction of sp³-hybridized carbons (Fsp3) is 0.533. The van der Waals surface area contributed by atoms with Crippen molar-refractivity contribution in [1.29, 1.82) is 0 Å². The highest BCUT2D eigenvalue weighted by atomic mass is 16.5. The number of hydrogen-bond acceptors (Lipinski definition) is 7. The Labute approximate surface area is 129 Å². The highest BCUT2D eigenvalue weighted by Crippen LogP contribution is 2.25. The molecule has 1 fully saturated rings. The summed E-state index contributed by atoms with van der Waals surface area (Å²) in [4.78, 5) is 10.4. The van der Waals surface area contributed by atoms with E-state index in [1.165, 1.54) is 0 Å². The van der Waals surface area contributed by atoms with E-state index in [9.17, 15) is 0 Å². The van der Waals surface area contributed by atoms with Crippen molar-refractivity contribution >= 4 is 5.95 Å². The Hall–Kier alpha value is -1.99. The summed E-state index contributed by atoms with van der Waals surface area (Å²) in [6, 6.07) is 1.99. The summed E-state index contributed by atoms with van der Waals surface area (Å²) in [6.07, 6.45) is 4.59. The van der Waals surface area contributed by atoms with Crippen LogP contribution in [0.25, 0.3) is 0 Å². The van der Waals surface area contributed by atoms with E-state index in [1.807, 2.05) is 13.0 Å². The molecule has 118 valence electrons. The molecular weight excluding hydrogens is 282 g/mol. The summed E-state index contributed by atoms with van der Waals surface area (Å²) in [7, 11) is 1.76. The molecule has 3 rings (SSSR count). The average Bonchev–Trinajstić information content (AvgIpc) is 3.08. The maximum absolute atomic E-state index is 5.63. The predicted molar refractivity (Wildman–Crippen MR) is 81.0 cm³/mol. The molecule has 3 heterocycles. The van der Waals surface area contributed by atoms with Crippen molar-refractivity contribution < 1.29 is 9.26 Å². The van der Waals surface area contributed by atoms with Crippen molar-refractivity contribution in [2.45, 2.75) is 26.0 Å². The molecule has 2 N–H and O–H groups in total. The lowest BCUT2D eigenvalue weighted by molar-refractivity contribution is 0.0761. The molecule has 1 aliphatic rings. The van der Waals surface area contributed by atoms with Crippen molar-refractivity contribution in [3.05, 3.63) is 35.5 Å². The van der Waals surface area contributed by atoms with Gasteiger partial charge >= 0.3 is 0 Å². The number of nitrogens with two attached hydrogens (primary N) is 1. The molecule has 0 aromatic carbocycles. The Balaban J connectivity index is 1.62. The SMILES string of the molecule is CO[C@H]1CN(Cc2cnc(N)nc2)C[C@H]1Cc1cc(C)no1. The Morgan fingerprint density at radius 1 is 1.36 bits per heavy atom. The Kier molecular flexibility index (Phi) is 4.35. The number of rotatable bonds is 5. The fourth-order valence-corrected chi connectivity index (χ4v) is 2.99. The number of anilines is 1. The van der Waals surface area contributed by atoms with Gasteiger partial charge in [0.25, 0.3) is 0 Å². The minimum absolute atomic E-state index is 0.195. The van der Waals surface area contributed by atoms with Crippen LogP contribution in [0.15, 0.2) is 23.0 Å². The van der Waals surface area contributed by atoms with Gasteiger partial charge in [0.05, 0.1) is 11.8 Å². The first kappa shape index (κ1) is 14.9. The third-order valence-electron chi connectivity index (χ3n) is 4.03. The molecule has 0 spiro atoms. The second-order valence-corrected chi connectivity index (χ2v) is 5.82. The maximum atomic E-state index is 5.63. The van der Waals surface area contributed by atoms with Gasteiger partial charge in [-0.1, -0.05) is 5.16 Å². The molecule has 0 amide bonds. The smallest absolute Gasteiger partial charge is 0.219 e. The maximum Gasteiger partial charge on any atom is 0.219 e. The van der Waals surface area contributed by atoms with Gasteiger partial charge < -0.3 is 15.0 Å². The number of ether oxygens (including phenoxy) is 1. The van der Waals surface area contributed by atoms with E-state index >= 15 is 0 Å². The van der Waals surface area contributed by atoms with Gasteiger partial charge in [-0.3, -0.25) is 4.90 Å². The number of methoxy groups -OCH3 is 1. The van der Waals surface area contributed by atoms with E-state index < -0.39 is 0 Å². The van der Waals surface area contributed by atoms with Gasteiger partial charge in [0.1, 0.15) is 5.76 Å². The van der Waals surface area contributed by atoms with Gasteiger partial charge in [-0.05, 0) is 6.92 Å². The lowest BCUT2D eigenvalue weighted by atomic mass is 10.0. The van der Waals surface area contributed by atoms with Crippen LogP contribution >= 0.6 is 0 Å². The summed E-state index contributed by atoms with van der Waals surface area (Å²) in [5.41, 5.74) is 7.49. The normalized spacial score (nSPS) is 22.3. The third kappa shape index (κ3) is 3.42. The van der Waals surface area contributed by atoms with Gasteiger partial charge in [-0.15, -0.1) is 0 Å². The molecule has 0 unspecified atom stereocenters. The first-order valence-electron chi connectivity index (χ1n) is 7.38. The van der Waals surface area contributed by atoms with Crippen LogP contribution in [0.2, 0.25) is 0 Å². The van der Waals surface area contributed by atoms with Crippen LogP contribution in [0.1, 0.15) is 17.0 Å². The molecule has 0 aliphatic carbocycles. The van der Waals surface area contributed by atoms with Gasteiger partial charge in [0.15, 0.2) is 0 Å². The molecule has 1 aliphatic heterocycles. The molecule has 2 aromatic rings. The molecule has 2 aromatic heterocycles. The average molecular weight is 303 g/mol. The van der Waals surface area contributed by atoms with Crippen molar-refractivity contribution in [3.63, 3.8) is 0 Å². The summed E-state index contributed by atoms with van der Waals surface area (Å²) in [6.45, 7) is 4.57. The number of nitrogen functional groups attached to an aromatic ring is 1. The number of likely N-dealkylation sites (tertiary alicyclic amines) is 1. The number of nitrogens with zero attached hydrogens (tertiary/aromatic N) is 4. The monoisotopic (exact) mass is 303 g/mol. The highest BCUT2D eigenvalue weighted by molar-refractivity contribution is 5.17.